The first-order valence-corrected chi connectivity index (χ1v) is 8.39. The van der Waals surface area contributed by atoms with Crippen molar-refractivity contribution in [1.82, 2.24) is 4.90 Å². The highest BCUT2D eigenvalue weighted by Gasteiger charge is 2.34. The van der Waals surface area contributed by atoms with Crippen molar-refractivity contribution in [2.24, 2.45) is 0 Å². The fraction of sp³-hybridized carbons (Fsp3) is 0.385. The molecule has 2 N–H and O–H groups in total. The number of sulfonamides is 1. The first kappa shape index (κ1) is 16.2. The number of hydrogen-bond donors (Lipinski definition) is 2. The Morgan fingerprint density at radius 2 is 2.09 bits per heavy atom. The van der Waals surface area contributed by atoms with Crippen LogP contribution in [-0.2, 0) is 14.8 Å². The van der Waals surface area contributed by atoms with E-state index in [0.29, 0.717) is 19.4 Å². The summed E-state index contributed by atoms with van der Waals surface area (Å²) in [5, 5.41) is 9.09. The number of carbonyl (C=O) groups is 2. The number of carboxylic acid groups (broad SMARTS) is 1. The van der Waals surface area contributed by atoms with E-state index in [9.17, 15) is 22.4 Å². The van der Waals surface area contributed by atoms with E-state index in [2.05, 4.69) is 0 Å². The van der Waals surface area contributed by atoms with Crippen LogP contribution in [0.2, 0.25) is 0 Å². The number of hydrogen-bond acceptors (Lipinski definition) is 4. The fourth-order valence-electron chi connectivity index (χ4n) is 2.37. The number of anilines is 1. The van der Waals surface area contributed by atoms with Crippen LogP contribution in [0.3, 0.4) is 0 Å². The van der Waals surface area contributed by atoms with E-state index in [1.54, 1.807) is 0 Å². The van der Waals surface area contributed by atoms with Gasteiger partial charge in [0.05, 0.1) is 11.9 Å². The third-order valence-electron chi connectivity index (χ3n) is 3.31. The van der Waals surface area contributed by atoms with E-state index >= 15 is 0 Å². The lowest BCUT2D eigenvalue weighted by atomic mass is 10.1. The van der Waals surface area contributed by atoms with E-state index in [0.717, 1.165) is 18.4 Å². The van der Waals surface area contributed by atoms with Crippen LogP contribution in [-0.4, -0.2) is 49.1 Å². The SMILES string of the molecule is CS(=O)(=O)Nc1cc(C(=O)N2CCC[C@@H]2C(=O)O)ccc1F. The summed E-state index contributed by atoms with van der Waals surface area (Å²) in [4.78, 5) is 24.7. The molecule has 120 valence electrons. The summed E-state index contributed by atoms with van der Waals surface area (Å²) in [5.41, 5.74) is -0.319. The number of halogens is 1. The maximum atomic E-state index is 13.6. The highest BCUT2D eigenvalue weighted by Crippen LogP contribution is 2.23. The van der Waals surface area contributed by atoms with E-state index in [-0.39, 0.29) is 11.3 Å². The minimum atomic E-state index is -3.69. The normalized spacial score (nSPS) is 18.3. The van der Waals surface area contributed by atoms with Gasteiger partial charge in [0.2, 0.25) is 10.0 Å². The molecule has 0 spiro atoms. The number of carboxylic acids is 1. The zero-order chi connectivity index (χ0) is 16.5. The van der Waals surface area contributed by atoms with Gasteiger partial charge in [-0.05, 0) is 31.0 Å². The lowest BCUT2D eigenvalue weighted by molar-refractivity contribution is -0.141. The maximum absolute atomic E-state index is 13.6. The van der Waals surface area contributed by atoms with Gasteiger partial charge in [0.1, 0.15) is 11.9 Å². The quantitative estimate of drug-likeness (QED) is 0.853. The second-order valence-electron chi connectivity index (χ2n) is 5.06. The van der Waals surface area contributed by atoms with Crippen LogP contribution in [0.1, 0.15) is 23.2 Å². The van der Waals surface area contributed by atoms with Crippen molar-refractivity contribution in [3.8, 4) is 0 Å². The van der Waals surface area contributed by atoms with Crippen LogP contribution in [0.25, 0.3) is 0 Å². The molecule has 0 bridgehead atoms. The minimum Gasteiger partial charge on any atom is -0.480 e. The molecule has 1 fully saturated rings. The van der Waals surface area contributed by atoms with Crippen molar-refractivity contribution in [3.05, 3.63) is 29.6 Å². The molecule has 1 aliphatic heterocycles. The zero-order valence-electron chi connectivity index (χ0n) is 11.7. The van der Waals surface area contributed by atoms with E-state index in [1.165, 1.54) is 11.0 Å². The van der Waals surface area contributed by atoms with Gasteiger partial charge in [0, 0.05) is 12.1 Å². The van der Waals surface area contributed by atoms with E-state index in [1.807, 2.05) is 4.72 Å². The van der Waals surface area contributed by atoms with Gasteiger partial charge < -0.3 is 10.0 Å². The minimum absolute atomic E-state index is 0.0284. The van der Waals surface area contributed by atoms with Gasteiger partial charge in [-0.3, -0.25) is 9.52 Å². The Morgan fingerprint density at radius 1 is 1.41 bits per heavy atom. The summed E-state index contributed by atoms with van der Waals surface area (Å²) in [6.07, 6.45) is 1.79. The van der Waals surface area contributed by atoms with Crippen LogP contribution in [0.5, 0.6) is 0 Å². The summed E-state index contributed by atoms with van der Waals surface area (Å²) < 4.78 is 37.9. The maximum Gasteiger partial charge on any atom is 0.326 e. The molecule has 22 heavy (non-hydrogen) atoms. The number of rotatable bonds is 4. The summed E-state index contributed by atoms with van der Waals surface area (Å²) in [5.74, 6) is -2.48. The molecular formula is C13H15FN2O5S. The lowest BCUT2D eigenvalue weighted by Crippen LogP contribution is -2.40. The van der Waals surface area contributed by atoms with Crippen LogP contribution in [0.4, 0.5) is 10.1 Å². The van der Waals surface area contributed by atoms with Crippen LogP contribution in [0, 0.1) is 5.82 Å². The molecule has 1 amide bonds. The summed E-state index contributed by atoms with van der Waals surface area (Å²) in [6, 6.07) is 2.31. The Balaban J connectivity index is 2.31. The predicted octanol–water partition coefficient (Wildman–Crippen LogP) is 0.886. The molecule has 0 unspecified atom stereocenters. The summed E-state index contributed by atoms with van der Waals surface area (Å²) in [6.45, 7) is 0.294. The Bertz CT molecular complexity index is 719. The third-order valence-corrected chi connectivity index (χ3v) is 3.90. The molecule has 1 aromatic carbocycles. The van der Waals surface area contributed by atoms with Crippen molar-refractivity contribution < 1.29 is 27.5 Å². The Morgan fingerprint density at radius 3 is 2.68 bits per heavy atom. The van der Waals surface area contributed by atoms with Crippen molar-refractivity contribution in [2.45, 2.75) is 18.9 Å². The molecule has 0 radical (unpaired) electrons. The molecule has 9 heteroatoms. The van der Waals surface area contributed by atoms with Crippen molar-refractivity contribution in [2.75, 3.05) is 17.5 Å². The second-order valence-corrected chi connectivity index (χ2v) is 6.81. The molecule has 7 nitrogen and oxygen atoms in total. The molecule has 1 aliphatic rings. The third kappa shape index (κ3) is 3.53. The molecule has 0 aromatic heterocycles. The fourth-order valence-corrected chi connectivity index (χ4v) is 2.92. The highest BCUT2D eigenvalue weighted by atomic mass is 32.2. The van der Waals surface area contributed by atoms with Gasteiger partial charge in [-0.15, -0.1) is 0 Å². The Labute approximate surface area is 126 Å². The van der Waals surface area contributed by atoms with Crippen LogP contribution < -0.4 is 4.72 Å². The number of nitrogens with one attached hydrogen (secondary N) is 1. The molecule has 0 saturated carbocycles. The zero-order valence-corrected chi connectivity index (χ0v) is 12.6. The molecule has 1 aromatic rings. The number of carbonyl (C=O) groups excluding carboxylic acids is 1. The van der Waals surface area contributed by atoms with E-state index < -0.39 is 33.8 Å². The van der Waals surface area contributed by atoms with Gasteiger partial charge in [0.25, 0.3) is 5.91 Å². The highest BCUT2D eigenvalue weighted by molar-refractivity contribution is 7.92. The number of benzene rings is 1. The number of likely N-dealkylation sites (tertiary alicyclic amines) is 1. The largest absolute Gasteiger partial charge is 0.480 e. The smallest absolute Gasteiger partial charge is 0.326 e. The summed E-state index contributed by atoms with van der Waals surface area (Å²) in [7, 11) is -3.69. The Kier molecular flexibility index (Phi) is 4.36. The molecule has 2 rings (SSSR count). The molecule has 1 atom stereocenters. The molecule has 1 heterocycles. The van der Waals surface area contributed by atoms with Gasteiger partial charge in [-0.1, -0.05) is 0 Å². The van der Waals surface area contributed by atoms with Crippen LogP contribution in [0.15, 0.2) is 18.2 Å². The monoisotopic (exact) mass is 330 g/mol. The molecular weight excluding hydrogens is 315 g/mol. The summed E-state index contributed by atoms with van der Waals surface area (Å²) >= 11 is 0. The van der Waals surface area contributed by atoms with Crippen molar-refractivity contribution in [3.63, 3.8) is 0 Å². The molecule has 1 saturated heterocycles. The van der Waals surface area contributed by atoms with Crippen molar-refractivity contribution in [1.29, 1.82) is 0 Å². The van der Waals surface area contributed by atoms with Gasteiger partial charge in [-0.2, -0.15) is 0 Å². The van der Waals surface area contributed by atoms with Crippen molar-refractivity contribution >= 4 is 27.6 Å². The number of nitrogens with zero attached hydrogens (tertiary/aromatic N) is 1. The first-order valence-electron chi connectivity index (χ1n) is 6.50. The van der Waals surface area contributed by atoms with E-state index in [4.69, 9.17) is 5.11 Å². The Hall–Kier alpha value is -2.16. The molecule has 0 aliphatic carbocycles. The average Bonchev–Trinajstić information content (AvgIpc) is 2.88. The van der Waals surface area contributed by atoms with Gasteiger partial charge >= 0.3 is 5.97 Å². The van der Waals surface area contributed by atoms with Gasteiger partial charge in [-0.25, -0.2) is 17.6 Å². The number of amides is 1. The van der Waals surface area contributed by atoms with Crippen LogP contribution >= 0.6 is 0 Å². The average molecular weight is 330 g/mol. The standard InChI is InChI=1S/C13H15FN2O5S/c1-22(20,21)15-10-7-8(4-5-9(10)14)12(17)16-6-2-3-11(16)13(18)19/h4-5,7,11,15H,2-3,6H2,1H3,(H,18,19)/t11-/m1/s1. The lowest BCUT2D eigenvalue weighted by Gasteiger charge is -2.21. The topological polar surface area (TPSA) is 104 Å². The second kappa shape index (κ2) is 5.91. The first-order chi connectivity index (χ1) is 10.2. The number of aliphatic carboxylic acids is 1. The predicted molar refractivity (Wildman–Crippen MR) is 76.6 cm³/mol. The van der Waals surface area contributed by atoms with Gasteiger partial charge in [0.15, 0.2) is 0 Å².